The molecule has 4 aromatic heterocycles. The van der Waals surface area contributed by atoms with E-state index >= 15 is 0 Å². The van der Waals surface area contributed by atoms with Crippen molar-refractivity contribution in [3.05, 3.63) is 132 Å². The second-order valence-corrected chi connectivity index (χ2v) is 11.1. The number of hydrogen-bond acceptors (Lipinski definition) is 3. The van der Waals surface area contributed by atoms with E-state index in [1.54, 1.807) is 0 Å². The third-order valence-corrected chi connectivity index (χ3v) is 8.52. The summed E-state index contributed by atoms with van der Waals surface area (Å²) in [4.78, 5) is 0. The minimum absolute atomic E-state index is 0.0465. The largest absolute Gasteiger partial charge is 0.416 e. The molecule has 0 amide bonds. The fourth-order valence-corrected chi connectivity index (χ4v) is 6.51. The Bertz CT molecular complexity index is 2160. The maximum absolute atomic E-state index is 6.23. The Hall–Kier alpha value is -5.36. The predicted octanol–water partition coefficient (Wildman–Crippen LogP) is 8.06. The van der Waals surface area contributed by atoms with Gasteiger partial charge in [0.2, 0.25) is 11.8 Å². The van der Waals surface area contributed by atoms with E-state index in [0.29, 0.717) is 11.8 Å². The Morgan fingerprint density at radius 3 is 1.60 bits per heavy atom. The summed E-state index contributed by atoms with van der Waals surface area (Å²) in [6.07, 6.45) is 6.60. The predicted molar refractivity (Wildman–Crippen MR) is 168 cm³/mol. The van der Waals surface area contributed by atoms with Crippen molar-refractivity contribution in [1.82, 2.24) is 23.9 Å². The molecule has 0 bridgehead atoms. The first-order chi connectivity index (χ1) is 20.6. The molecule has 6 nitrogen and oxygen atoms in total. The number of fused-ring (bicyclic) bond motifs is 3. The van der Waals surface area contributed by atoms with Gasteiger partial charge in [-0.3, -0.25) is 0 Å². The van der Waals surface area contributed by atoms with Crippen LogP contribution in [0.5, 0.6) is 0 Å². The molecule has 0 aliphatic rings. The van der Waals surface area contributed by atoms with Crippen LogP contribution in [0, 0.1) is 0 Å². The molecule has 0 saturated carbocycles. The third-order valence-electron chi connectivity index (χ3n) is 8.52. The Labute approximate surface area is 243 Å². The summed E-state index contributed by atoms with van der Waals surface area (Å²) in [5, 5.41) is 12.5. The van der Waals surface area contributed by atoms with Gasteiger partial charge in [0.05, 0.1) is 5.56 Å². The van der Waals surface area contributed by atoms with E-state index in [1.807, 2.05) is 25.4 Å². The summed E-state index contributed by atoms with van der Waals surface area (Å²) < 4.78 is 12.8. The Kier molecular flexibility index (Phi) is 5.44. The number of aromatic nitrogens is 5. The lowest BCUT2D eigenvalue weighted by Gasteiger charge is -2.18. The second kappa shape index (κ2) is 9.35. The minimum Gasteiger partial charge on any atom is -0.416 e. The molecular weight excluding hydrogens is 518 g/mol. The van der Waals surface area contributed by atoms with Crippen molar-refractivity contribution in [2.24, 2.45) is 21.1 Å². The standard InChI is InChI=1S/C36H29N5O/c1-39-20-28(25-10-4-7-13-31(25)39)34(29-21-40(2)32-14-8-5-11-26(29)32)23-16-18-24(19-17-23)35-37-38-36(42-35)30-22-41(3)33-15-9-6-12-27(30)33/h4-22,34H,1-3H3. The second-order valence-electron chi connectivity index (χ2n) is 11.1. The van der Waals surface area contributed by atoms with Crippen molar-refractivity contribution in [1.29, 1.82) is 0 Å². The van der Waals surface area contributed by atoms with Crippen molar-refractivity contribution in [2.45, 2.75) is 5.92 Å². The Morgan fingerprint density at radius 2 is 1.00 bits per heavy atom. The van der Waals surface area contributed by atoms with Crippen LogP contribution in [0.15, 0.2) is 120 Å². The van der Waals surface area contributed by atoms with Gasteiger partial charge in [-0.1, -0.05) is 66.7 Å². The van der Waals surface area contributed by atoms with E-state index in [0.717, 1.165) is 22.0 Å². The van der Waals surface area contributed by atoms with Crippen molar-refractivity contribution >= 4 is 32.7 Å². The van der Waals surface area contributed by atoms with Gasteiger partial charge in [0, 0.05) is 83.9 Å². The van der Waals surface area contributed by atoms with E-state index in [9.17, 15) is 0 Å². The summed E-state index contributed by atoms with van der Waals surface area (Å²) in [5.41, 5.74) is 9.19. The molecular formula is C36H29N5O. The average Bonchev–Trinajstić information content (AvgIpc) is 3.80. The average molecular weight is 548 g/mol. The lowest BCUT2D eigenvalue weighted by molar-refractivity contribution is 0.585. The number of para-hydroxylation sites is 3. The molecule has 8 rings (SSSR count). The van der Waals surface area contributed by atoms with Gasteiger partial charge >= 0.3 is 0 Å². The first kappa shape index (κ1) is 24.4. The molecule has 0 fully saturated rings. The van der Waals surface area contributed by atoms with Crippen molar-refractivity contribution in [3.63, 3.8) is 0 Å². The van der Waals surface area contributed by atoms with Crippen molar-refractivity contribution < 1.29 is 4.42 Å². The van der Waals surface area contributed by atoms with E-state index < -0.39 is 0 Å². The highest BCUT2D eigenvalue weighted by atomic mass is 16.4. The first-order valence-electron chi connectivity index (χ1n) is 14.1. The molecule has 6 heteroatoms. The summed E-state index contributed by atoms with van der Waals surface area (Å²) in [7, 11) is 6.28. The summed E-state index contributed by atoms with van der Waals surface area (Å²) in [5.74, 6) is 1.08. The van der Waals surface area contributed by atoms with E-state index in [-0.39, 0.29) is 5.92 Å². The van der Waals surface area contributed by atoms with Gasteiger partial charge in [0.1, 0.15) is 0 Å². The zero-order valence-electron chi connectivity index (χ0n) is 23.7. The van der Waals surface area contributed by atoms with E-state index in [1.165, 1.54) is 38.5 Å². The van der Waals surface area contributed by atoms with Crippen LogP contribution in [-0.4, -0.2) is 23.9 Å². The van der Waals surface area contributed by atoms with Crippen molar-refractivity contribution in [3.8, 4) is 22.9 Å². The lowest BCUT2D eigenvalue weighted by Crippen LogP contribution is -2.03. The highest BCUT2D eigenvalue weighted by Gasteiger charge is 2.25. The Morgan fingerprint density at radius 1 is 0.524 bits per heavy atom. The number of nitrogens with zero attached hydrogens (tertiary/aromatic N) is 5. The topological polar surface area (TPSA) is 53.7 Å². The highest BCUT2D eigenvalue weighted by Crippen LogP contribution is 2.41. The molecule has 0 aliphatic heterocycles. The number of aryl methyl sites for hydroxylation is 3. The molecule has 0 spiro atoms. The zero-order chi connectivity index (χ0) is 28.4. The summed E-state index contributed by atoms with van der Waals surface area (Å²) in [6.45, 7) is 0. The highest BCUT2D eigenvalue weighted by molar-refractivity contribution is 5.94. The van der Waals surface area contributed by atoms with Crippen LogP contribution in [0.3, 0.4) is 0 Å². The molecule has 0 atom stereocenters. The van der Waals surface area contributed by atoms with Crippen LogP contribution in [0.2, 0.25) is 0 Å². The molecule has 42 heavy (non-hydrogen) atoms. The normalized spacial score (nSPS) is 11.9. The third kappa shape index (κ3) is 3.72. The number of benzene rings is 4. The van der Waals surface area contributed by atoms with Crippen LogP contribution in [0.4, 0.5) is 0 Å². The van der Waals surface area contributed by atoms with Gasteiger partial charge in [0.25, 0.3) is 0 Å². The fraction of sp³-hybridized carbons (Fsp3) is 0.111. The smallest absolute Gasteiger partial charge is 0.250 e. The molecule has 0 N–H and O–H groups in total. The maximum Gasteiger partial charge on any atom is 0.250 e. The number of hydrogen-bond donors (Lipinski definition) is 0. The van der Waals surface area contributed by atoms with Gasteiger partial charge in [-0.2, -0.15) is 0 Å². The van der Waals surface area contributed by atoms with Crippen LogP contribution in [0.25, 0.3) is 55.6 Å². The molecule has 8 aromatic rings. The van der Waals surface area contributed by atoms with Gasteiger partial charge in [-0.15, -0.1) is 10.2 Å². The monoisotopic (exact) mass is 547 g/mol. The van der Waals surface area contributed by atoms with Gasteiger partial charge in [-0.05, 0) is 47.0 Å². The van der Waals surface area contributed by atoms with Gasteiger partial charge < -0.3 is 18.1 Å². The van der Waals surface area contributed by atoms with Crippen molar-refractivity contribution in [2.75, 3.05) is 0 Å². The molecule has 4 aromatic carbocycles. The molecule has 0 saturated heterocycles. The van der Waals surface area contributed by atoms with Gasteiger partial charge in [0.15, 0.2) is 0 Å². The fourth-order valence-electron chi connectivity index (χ4n) is 6.51. The SMILES string of the molecule is Cn1cc(-c2nnc(-c3ccc(C(c4cn(C)c5ccccc45)c4cn(C)c5ccccc45)cc3)o2)c2ccccc21. The van der Waals surface area contributed by atoms with Crippen LogP contribution >= 0.6 is 0 Å². The van der Waals surface area contributed by atoms with E-state index in [2.05, 4.69) is 135 Å². The summed E-state index contributed by atoms with van der Waals surface area (Å²) >= 11 is 0. The van der Waals surface area contributed by atoms with Crippen LogP contribution < -0.4 is 0 Å². The lowest BCUT2D eigenvalue weighted by atomic mass is 9.84. The van der Waals surface area contributed by atoms with Gasteiger partial charge in [-0.25, -0.2) is 0 Å². The van der Waals surface area contributed by atoms with Crippen LogP contribution in [-0.2, 0) is 21.1 Å². The quantitative estimate of drug-likeness (QED) is 0.219. The van der Waals surface area contributed by atoms with Crippen LogP contribution in [0.1, 0.15) is 22.6 Å². The molecule has 0 unspecified atom stereocenters. The minimum atomic E-state index is 0.0465. The Balaban J connectivity index is 1.23. The molecule has 0 aliphatic carbocycles. The first-order valence-corrected chi connectivity index (χ1v) is 14.1. The summed E-state index contributed by atoms with van der Waals surface area (Å²) in [6, 6.07) is 34.1. The maximum atomic E-state index is 6.23. The van der Waals surface area contributed by atoms with E-state index in [4.69, 9.17) is 4.42 Å². The zero-order valence-corrected chi connectivity index (χ0v) is 23.7. The molecule has 4 heterocycles. The number of rotatable bonds is 5. The molecule has 0 radical (unpaired) electrons. The molecule has 204 valence electrons.